The fourth-order valence-electron chi connectivity index (χ4n) is 4.40. The van der Waals surface area contributed by atoms with Gasteiger partial charge in [0.2, 0.25) is 5.91 Å². The van der Waals surface area contributed by atoms with Gasteiger partial charge in [-0.1, -0.05) is 54.6 Å². The van der Waals surface area contributed by atoms with E-state index in [-0.39, 0.29) is 5.91 Å². The highest BCUT2D eigenvalue weighted by Gasteiger charge is 2.23. The highest BCUT2D eigenvalue weighted by molar-refractivity contribution is 5.78. The molecular formula is C25H32N2O2. The first kappa shape index (κ1) is 20.1. The molecule has 0 spiro atoms. The van der Waals surface area contributed by atoms with Gasteiger partial charge in [-0.15, -0.1) is 0 Å². The van der Waals surface area contributed by atoms with E-state index in [1.165, 1.54) is 11.1 Å². The van der Waals surface area contributed by atoms with Crippen molar-refractivity contribution in [1.82, 2.24) is 9.80 Å². The number of piperidine rings is 1. The summed E-state index contributed by atoms with van der Waals surface area (Å²) in [6, 6.07) is 19.2. The summed E-state index contributed by atoms with van der Waals surface area (Å²) >= 11 is 0. The topological polar surface area (TPSA) is 32.8 Å². The predicted octanol–water partition coefficient (Wildman–Crippen LogP) is 3.54. The number of hydrogen-bond donors (Lipinski definition) is 0. The molecule has 4 rings (SSSR count). The maximum absolute atomic E-state index is 12.5. The molecule has 0 unspecified atom stereocenters. The molecule has 0 radical (unpaired) electrons. The Morgan fingerprint density at radius 3 is 2.17 bits per heavy atom. The molecule has 0 saturated carbocycles. The molecule has 1 amide bonds. The molecule has 2 aliphatic heterocycles. The third-order valence-electron chi connectivity index (χ3n) is 6.22. The van der Waals surface area contributed by atoms with Crippen molar-refractivity contribution in [2.24, 2.45) is 5.92 Å². The molecule has 29 heavy (non-hydrogen) atoms. The third kappa shape index (κ3) is 5.91. The molecule has 2 fully saturated rings. The van der Waals surface area contributed by atoms with Crippen LogP contribution in [-0.4, -0.2) is 55.1 Å². The van der Waals surface area contributed by atoms with Crippen molar-refractivity contribution in [3.63, 3.8) is 0 Å². The lowest BCUT2D eigenvalue weighted by Gasteiger charge is -2.32. The number of benzene rings is 2. The first-order chi connectivity index (χ1) is 14.3. The van der Waals surface area contributed by atoms with Crippen LogP contribution in [0.2, 0.25) is 0 Å². The number of amides is 1. The van der Waals surface area contributed by atoms with Gasteiger partial charge in [0.1, 0.15) is 0 Å². The van der Waals surface area contributed by atoms with E-state index in [0.717, 1.165) is 70.8 Å². The average Bonchev–Trinajstić information content (AvgIpc) is 2.77. The van der Waals surface area contributed by atoms with Gasteiger partial charge in [0, 0.05) is 32.7 Å². The second-order valence-corrected chi connectivity index (χ2v) is 8.40. The van der Waals surface area contributed by atoms with Crippen LogP contribution in [0, 0.1) is 5.92 Å². The number of hydrogen-bond acceptors (Lipinski definition) is 3. The Hall–Kier alpha value is -2.17. The lowest BCUT2D eigenvalue weighted by atomic mass is 9.89. The van der Waals surface area contributed by atoms with Gasteiger partial charge in [0.25, 0.3) is 0 Å². The van der Waals surface area contributed by atoms with E-state index in [2.05, 4.69) is 34.1 Å². The monoisotopic (exact) mass is 392 g/mol. The summed E-state index contributed by atoms with van der Waals surface area (Å²) in [4.78, 5) is 17.1. The first-order valence-electron chi connectivity index (χ1n) is 11.0. The van der Waals surface area contributed by atoms with E-state index in [0.29, 0.717) is 12.3 Å². The van der Waals surface area contributed by atoms with E-state index < -0.39 is 0 Å². The number of carbonyl (C=O) groups is 1. The van der Waals surface area contributed by atoms with Crippen LogP contribution in [-0.2, 0) is 28.9 Å². The van der Waals surface area contributed by atoms with Crippen LogP contribution in [0.3, 0.4) is 0 Å². The smallest absolute Gasteiger partial charge is 0.226 e. The van der Waals surface area contributed by atoms with Crippen molar-refractivity contribution in [2.45, 2.75) is 32.2 Å². The second-order valence-electron chi connectivity index (χ2n) is 8.40. The Morgan fingerprint density at radius 2 is 1.48 bits per heavy atom. The summed E-state index contributed by atoms with van der Waals surface area (Å²) in [5.74, 6) is 0.947. The van der Waals surface area contributed by atoms with E-state index in [1.807, 2.05) is 30.3 Å². The molecule has 4 nitrogen and oxygen atoms in total. The van der Waals surface area contributed by atoms with Crippen LogP contribution in [0.15, 0.2) is 54.6 Å². The quantitative estimate of drug-likeness (QED) is 0.754. The summed E-state index contributed by atoms with van der Waals surface area (Å²) in [7, 11) is 0. The van der Waals surface area contributed by atoms with Gasteiger partial charge in [0.05, 0.1) is 19.6 Å². The average molecular weight is 393 g/mol. The minimum absolute atomic E-state index is 0.266. The molecule has 2 saturated heterocycles. The Bertz CT molecular complexity index is 761. The molecule has 154 valence electrons. The van der Waals surface area contributed by atoms with Crippen molar-refractivity contribution in [2.75, 3.05) is 39.4 Å². The van der Waals surface area contributed by atoms with Crippen molar-refractivity contribution in [1.29, 1.82) is 0 Å². The van der Waals surface area contributed by atoms with Crippen LogP contribution >= 0.6 is 0 Å². The largest absolute Gasteiger partial charge is 0.379 e. The predicted molar refractivity (Wildman–Crippen MR) is 116 cm³/mol. The van der Waals surface area contributed by atoms with Crippen molar-refractivity contribution in [3.8, 4) is 0 Å². The zero-order chi connectivity index (χ0) is 19.9. The van der Waals surface area contributed by atoms with Crippen LogP contribution in [0.5, 0.6) is 0 Å². The summed E-state index contributed by atoms with van der Waals surface area (Å²) in [5.41, 5.74) is 3.92. The second kappa shape index (κ2) is 10.0. The zero-order valence-corrected chi connectivity index (χ0v) is 17.3. The lowest BCUT2D eigenvalue weighted by molar-refractivity contribution is -0.131. The summed E-state index contributed by atoms with van der Waals surface area (Å²) < 4.78 is 5.43. The van der Waals surface area contributed by atoms with E-state index in [9.17, 15) is 4.79 Å². The Balaban J connectivity index is 1.21. The number of likely N-dealkylation sites (tertiary alicyclic amines) is 1. The van der Waals surface area contributed by atoms with E-state index in [1.54, 1.807) is 0 Å². The maximum atomic E-state index is 12.5. The fraction of sp³-hybridized carbons (Fsp3) is 0.480. The molecule has 4 heteroatoms. The van der Waals surface area contributed by atoms with Gasteiger partial charge in [-0.3, -0.25) is 9.69 Å². The van der Waals surface area contributed by atoms with Gasteiger partial charge in [-0.2, -0.15) is 0 Å². The molecule has 2 aromatic carbocycles. The zero-order valence-electron chi connectivity index (χ0n) is 17.3. The molecule has 0 aliphatic carbocycles. The number of nitrogens with zero attached hydrogens (tertiary/aromatic N) is 2. The molecule has 2 aromatic rings. The Kier molecular flexibility index (Phi) is 6.96. The fourth-order valence-corrected chi connectivity index (χ4v) is 4.40. The lowest BCUT2D eigenvalue weighted by Crippen LogP contribution is -2.39. The van der Waals surface area contributed by atoms with E-state index in [4.69, 9.17) is 4.74 Å². The highest BCUT2D eigenvalue weighted by atomic mass is 16.5. The summed E-state index contributed by atoms with van der Waals surface area (Å²) in [6.07, 6.45) is 3.86. The minimum atomic E-state index is 0.266. The van der Waals surface area contributed by atoms with E-state index >= 15 is 0 Å². The Labute approximate surface area is 174 Å². The van der Waals surface area contributed by atoms with Gasteiger partial charge >= 0.3 is 0 Å². The summed E-state index contributed by atoms with van der Waals surface area (Å²) in [6.45, 7) is 6.57. The number of rotatable bonds is 6. The molecule has 2 heterocycles. The molecule has 0 atom stereocenters. The standard InChI is InChI=1S/C25H32N2O2/c28-25(19-21-4-2-1-3-5-21)27-12-10-23(11-13-27)18-22-6-8-24(9-7-22)20-26-14-16-29-17-15-26/h1-9,23H,10-20H2. The van der Waals surface area contributed by atoms with Gasteiger partial charge in [-0.25, -0.2) is 0 Å². The third-order valence-corrected chi connectivity index (χ3v) is 6.22. The van der Waals surface area contributed by atoms with Crippen molar-refractivity contribution in [3.05, 3.63) is 71.3 Å². The van der Waals surface area contributed by atoms with Crippen LogP contribution < -0.4 is 0 Å². The normalized spacial score (nSPS) is 18.7. The number of morpholine rings is 1. The van der Waals surface area contributed by atoms with Crippen LogP contribution in [0.1, 0.15) is 29.5 Å². The molecule has 0 aromatic heterocycles. The van der Waals surface area contributed by atoms with Crippen molar-refractivity contribution < 1.29 is 9.53 Å². The van der Waals surface area contributed by atoms with Gasteiger partial charge in [-0.05, 0) is 41.9 Å². The van der Waals surface area contributed by atoms with Gasteiger partial charge in [0.15, 0.2) is 0 Å². The molecule has 0 N–H and O–H groups in total. The van der Waals surface area contributed by atoms with Crippen LogP contribution in [0.4, 0.5) is 0 Å². The highest BCUT2D eigenvalue weighted by Crippen LogP contribution is 2.23. The molecule has 2 aliphatic rings. The van der Waals surface area contributed by atoms with Crippen molar-refractivity contribution >= 4 is 5.91 Å². The first-order valence-corrected chi connectivity index (χ1v) is 11.0. The number of ether oxygens (including phenoxy) is 1. The minimum Gasteiger partial charge on any atom is -0.379 e. The maximum Gasteiger partial charge on any atom is 0.226 e. The summed E-state index contributed by atoms with van der Waals surface area (Å²) in [5, 5.41) is 0. The molecular weight excluding hydrogens is 360 g/mol. The Morgan fingerprint density at radius 1 is 0.828 bits per heavy atom. The number of carbonyl (C=O) groups excluding carboxylic acids is 1. The van der Waals surface area contributed by atoms with Crippen LogP contribution in [0.25, 0.3) is 0 Å². The van der Waals surface area contributed by atoms with Gasteiger partial charge < -0.3 is 9.64 Å². The molecule has 0 bridgehead atoms. The SMILES string of the molecule is O=C(Cc1ccccc1)N1CCC(Cc2ccc(CN3CCOCC3)cc2)CC1.